The lowest BCUT2D eigenvalue weighted by Gasteiger charge is -2.25. The number of rotatable bonds is 16. The van der Waals surface area contributed by atoms with Gasteiger partial charge in [0.2, 0.25) is 23.6 Å². The zero-order valence-corrected chi connectivity index (χ0v) is 23.5. The van der Waals surface area contributed by atoms with E-state index in [4.69, 9.17) is 11.5 Å². The van der Waals surface area contributed by atoms with Crippen molar-refractivity contribution in [2.24, 2.45) is 23.3 Å². The molecule has 0 radical (unpaired) electrons. The predicted octanol–water partition coefficient (Wildman–Crippen LogP) is 0.934. The van der Waals surface area contributed by atoms with Gasteiger partial charge < -0.3 is 37.5 Å². The Bertz CT molecular complexity index is 1190. The minimum absolute atomic E-state index is 0.00787. The van der Waals surface area contributed by atoms with Crippen LogP contribution in [0.3, 0.4) is 0 Å². The summed E-state index contributed by atoms with van der Waals surface area (Å²) in [5.41, 5.74) is 12.8. The molecule has 0 saturated heterocycles. The van der Waals surface area contributed by atoms with Gasteiger partial charge in [0.05, 0.1) is 6.04 Å². The molecule has 1 aromatic heterocycles. The van der Waals surface area contributed by atoms with Crippen LogP contribution in [0.15, 0.2) is 30.5 Å². The van der Waals surface area contributed by atoms with Crippen molar-refractivity contribution in [2.75, 3.05) is 0 Å². The molecule has 1 heterocycles. The number of amides is 4. The van der Waals surface area contributed by atoms with E-state index >= 15 is 0 Å². The van der Waals surface area contributed by atoms with Crippen molar-refractivity contribution in [3.8, 4) is 0 Å². The number of nitrogens with two attached hydrogens (primary N) is 2. The molecule has 2 aromatic rings. The molecule has 0 spiro atoms. The standard InChI is InChI=1S/C28H42N6O6/c1-15(2)11-19(29)25(36)32-21(9-10-24(30)35)26(37)33-22(27(38)34-23(28(39)40)12-16(3)4)13-17-14-31-20-8-6-5-7-18(17)20/h5-8,14-16,19,21-23,31H,9-13,29H2,1-4H3,(H2,30,35)(H,32,36)(H,33,37)(H,34,38)(H,39,40). The van der Waals surface area contributed by atoms with E-state index in [1.54, 1.807) is 6.20 Å². The van der Waals surface area contributed by atoms with Gasteiger partial charge in [-0.3, -0.25) is 19.2 Å². The van der Waals surface area contributed by atoms with Crippen molar-refractivity contribution in [2.45, 2.75) is 84.0 Å². The van der Waals surface area contributed by atoms with Crippen LogP contribution >= 0.6 is 0 Å². The number of nitrogens with one attached hydrogen (secondary N) is 4. The minimum Gasteiger partial charge on any atom is -0.480 e. The first-order valence-electron chi connectivity index (χ1n) is 13.5. The number of benzene rings is 1. The zero-order valence-electron chi connectivity index (χ0n) is 23.5. The largest absolute Gasteiger partial charge is 0.480 e. The lowest BCUT2D eigenvalue weighted by molar-refractivity contribution is -0.142. The average Bonchev–Trinajstić information content (AvgIpc) is 3.27. The second-order valence-electron chi connectivity index (χ2n) is 11.0. The maximum Gasteiger partial charge on any atom is 0.326 e. The highest BCUT2D eigenvalue weighted by Gasteiger charge is 2.31. The molecule has 0 aliphatic carbocycles. The van der Waals surface area contributed by atoms with Gasteiger partial charge in [-0.15, -0.1) is 0 Å². The highest BCUT2D eigenvalue weighted by atomic mass is 16.4. The Labute approximate surface area is 234 Å². The molecule has 1 aromatic carbocycles. The predicted molar refractivity (Wildman–Crippen MR) is 151 cm³/mol. The van der Waals surface area contributed by atoms with Crippen LogP contribution in [0.2, 0.25) is 0 Å². The van der Waals surface area contributed by atoms with Gasteiger partial charge >= 0.3 is 5.97 Å². The summed E-state index contributed by atoms with van der Waals surface area (Å²) in [5.74, 6) is -3.71. The highest BCUT2D eigenvalue weighted by Crippen LogP contribution is 2.19. The van der Waals surface area contributed by atoms with E-state index in [-0.39, 0.29) is 37.5 Å². The summed E-state index contributed by atoms with van der Waals surface area (Å²) in [7, 11) is 0. The smallest absolute Gasteiger partial charge is 0.326 e. The quantitative estimate of drug-likeness (QED) is 0.158. The molecule has 0 saturated carbocycles. The molecule has 0 aliphatic rings. The summed E-state index contributed by atoms with van der Waals surface area (Å²) in [6.45, 7) is 7.48. The lowest BCUT2D eigenvalue weighted by atomic mass is 10.0. The SMILES string of the molecule is CC(C)CC(N)C(=O)NC(CCC(N)=O)C(=O)NC(Cc1c[nH]c2ccccc12)C(=O)NC(CC(C)C)C(=O)O. The third-order valence-corrected chi connectivity index (χ3v) is 6.43. The Kier molecular flexibility index (Phi) is 12.1. The number of para-hydroxylation sites is 1. The molecule has 0 bridgehead atoms. The molecule has 4 unspecified atom stereocenters. The molecule has 0 aliphatic heterocycles. The summed E-state index contributed by atoms with van der Waals surface area (Å²) in [6.07, 6.45) is 2.05. The second-order valence-corrected chi connectivity index (χ2v) is 11.0. The summed E-state index contributed by atoms with van der Waals surface area (Å²) in [5, 5.41) is 18.3. The van der Waals surface area contributed by atoms with Gasteiger partial charge in [-0.05, 0) is 42.7 Å². The number of aliphatic carboxylic acids is 1. The van der Waals surface area contributed by atoms with Crippen molar-refractivity contribution < 1.29 is 29.1 Å². The number of carbonyl (C=O) groups excluding carboxylic acids is 4. The van der Waals surface area contributed by atoms with E-state index in [2.05, 4.69) is 20.9 Å². The fourth-order valence-corrected chi connectivity index (χ4v) is 4.42. The van der Waals surface area contributed by atoms with Gasteiger partial charge in [0.1, 0.15) is 18.1 Å². The minimum atomic E-state index is -1.19. The molecule has 2 rings (SSSR count). The summed E-state index contributed by atoms with van der Waals surface area (Å²) >= 11 is 0. The van der Waals surface area contributed by atoms with Crippen LogP contribution in [0, 0.1) is 11.8 Å². The molecule has 9 N–H and O–H groups in total. The van der Waals surface area contributed by atoms with Crippen molar-refractivity contribution in [3.63, 3.8) is 0 Å². The first-order valence-corrected chi connectivity index (χ1v) is 13.5. The number of carboxylic acid groups (broad SMARTS) is 1. The number of hydrogen-bond acceptors (Lipinski definition) is 6. The van der Waals surface area contributed by atoms with Gasteiger partial charge in [0.25, 0.3) is 0 Å². The van der Waals surface area contributed by atoms with E-state index in [9.17, 15) is 29.1 Å². The number of carboxylic acids is 1. The Balaban J connectivity index is 2.33. The van der Waals surface area contributed by atoms with Crippen LogP contribution in [0.5, 0.6) is 0 Å². The van der Waals surface area contributed by atoms with Gasteiger partial charge in [-0.25, -0.2) is 4.79 Å². The zero-order chi connectivity index (χ0) is 30.0. The molecule has 12 heteroatoms. The lowest BCUT2D eigenvalue weighted by Crippen LogP contribution is -2.57. The topological polar surface area (TPSA) is 209 Å². The normalized spacial score (nSPS) is 14.4. The molecule has 4 amide bonds. The number of carbonyl (C=O) groups is 5. The fraction of sp³-hybridized carbons (Fsp3) is 0.536. The fourth-order valence-electron chi connectivity index (χ4n) is 4.42. The molecule has 40 heavy (non-hydrogen) atoms. The number of aromatic nitrogens is 1. The summed E-state index contributed by atoms with van der Waals surface area (Å²) in [4.78, 5) is 65.9. The number of H-pyrrole nitrogens is 1. The van der Waals surface area contributed by atoms with Gasteiger partial charge in [-0.1, -0.05) is 45.9 Å². The van der Waals surface area contributed by atoms with E-state index in [1.165, 1.54) is 0 Å². The van der Waals surface area contributed by atoms with E-state index in [0.717, 1.165) is 16.5 Å². The Morgan fingerprint density at radius 3 is 2.02 bits per heavy atom. The third-order valence-electron chi connectivity index (χ3n) is 6.43. The molecule has 12 nitrogen and oxygen atoms in total. The molecular weight excluding hydrogens is 516 g/mol. The molecule has 220 valence electrons. The number of primary amides is 1. The molecular formula is C28H42N6O6. The molecule has 4 atom stereocenters. The average molecular weight is 559 g/mol. The Hall–Kier alpha value is -3.93. The monoisotopic (exact) mass is 558 g/mol. The summed E-state index contributed by atoms with van der Waals surface area (Å²) in [6, 6.07) is 3.02. The maximum atomic E-state index is 13.4. The first kappa shape index (κ1) is 32.3. The van der Waals surface area contributed by atoms with Crippen molar-refractivity contribution >= 4 is 40.5 Å². The number of fused-ring (bicyclic) bond motifs is 1. The number of aromatic amines is 1. The van der Waals surface area contributed by atoms with Crippen molar-refractivity contribution in [3.05, 3.63) is 36.0 Å². The van der Waals surface area contributed by atoms with E-state index < -0.39 is 53.8 Å². The second kappa shape index (κ2) is 15.0. The first-order chi connectivity index (χ1) is 18.8. The molecule has 0 fully saturated rings. The van der Waals surface area contributed by atoms with Gasteiger partial charge in [0, 0.05) is 29.9 Å². The third kappa shape index (κ3) is 9.99. The van der Waals surface area contributed by atoms with Crippen molar-refractivity contribution in [1.82, 2.24) is 20.9 Å². The van der Waals surface area contributed by atoms with Crippen LogP contribution in [-0.2, 0) is 30.4 Å². The van der Waals surface area contributed by atoms with Crippen LogP contribution in [0.1, 0.15) is 58.9 Å². The van der Waals surface area contributed by atoms with Crippen LogP contribution in [0.4, 0.5) is 0 Å². The Morgan fingerprint density at radius 1 is 0.850 bits per heavy atom. The van der Waals surface area contributed by atoms with Gasteiger partial charge in [0.15, 0.2) is 0 Å². The van der Waals surface area contributed by atoms with E-state index in [0.29, 0.717) is 6.42 Å². The van der Waals surface area contributed by atoms with Gasteiger partial charge in [-0.2, -0.15) is 0 Å². The van der Waals surface area contributed by atoms with Crippen LogP contribution < -0.4 is 27.4 Å². The van der Waals surface area contributed by atoms with E-state index in [1.807, 2.05) is 52.0 Å². The maximum absolute atomic E-state index is 13.4. The van der Waals surface area contributed by atoms with Crippen molar-refractivity contribution in [1.29, 1.82) is 0 Å². The van der Waals surface area contributed by atoms with Crippen LogP contribution in [-0.4, -0.2) is 63.9 Å². The van der Waals surface area contributed by atoms with Crippen LogP contribution in [0.25, 0.3) is 10.9 Å². The highest BCUT2D eigenvalue weighted by molar-refractivity contribution is 5.95. The number of hydrogen-bond donors (Lipinski definition) is 7. The Morgan fingerprint density at radius 2 is 1.43 bits per heavy atom. The summed E-state index contributed by atoms with van der Waals surface area (Å²) < 4.78 is 0.